The lowest BCUT2D eigenvalue weighted by Crippen LogP contribution is -2.27. The van der Waals surface area contributed by atoms with Gasteiger partial charge in [0.15, 0.2) is 0 Å². The minimum absolute atomic E-state index is 0.0635. The Bertz CT molecular complexity index is 846. The Balaban J connectivity index is 1.66. The zero-order valence-electron chi connectivity index (χ0n) is 13.8. The number of carbonyl (C=O) groups is 2. The summed E-state index contributed by atoms with van der Waals surface area (Å²) >= 11 is 0. The Morgan fingerprint density at radius 2 is 2.04 bits per heavy atom. The van der Waals surface area contributed by atoms with Crippen LogP contribution >= 0.6 is 0 Å². The van der Waals surface area contributed by atoms with Crippen molar-refractivity contribution >= 4 is 11.9 Å². The van der Waals surface area contributed by atoms with Gasteiger partial charge in [-0.25, -0.2) is 13.6 Å². The van der Waals surface area contributed by atoms with Crippen LogP contribution in [0.5, 0.6) is 0 Å². The molecule has 0 aliphatic heterocycles. The van der Waals surface area contributed by atoms with Gasteiger partial charge in [-0.3, -0.25) is 4.79 Å². The molecule has 1 saturated carbocycles. The zero-order valence-corrected chi connectivity index (χ0v) is 13.8. The van der Waals surface area contributed by atoms with E-state index in [2.05, 4.69) is 0 Å². The van der Waals surface area contributed by atoms with Crippen LogP contribution in [0.3, 0.4) is 0 Å². The summed E-state index contributed by atoms with van der Waals surface area (Å²) in [5.74, 6) is -2.53. The average molecular weight is 349 g/mol. The van der Waals surface area contributed by atoms with Crippen LogP contribution in [0.15, 0.2) is 28.7 Å². The molecule has 1 heterocycles. The summed E-state index contributed by atoms with van der Waals surface area (Å²) in [4.78, 5) is 24.9. The summed E-state index contributed by atoms with van der Waals surface area (Å²) in [5, 5.41) is 9.02. The second-order valence-corrected chi connectivity index (χ2v) is 6.30. The molecule has 1 aromatic carbocycles. The zero-order chi connectivity index (χ0) is 18.3. The van der Waals surface area contributed by atoms with Gasteiger partial charge in [-0.1, -0.05) is 6.07 Å². The molecule has 1 aromatic heterocycles. The van der Waals surface area contributed by atoms with Gasteiger partial charge in [0.1, 0.15) is 28.7 Å². The minimum atomic E-state index is -1.09. The molecule has 5 nitrogen and oxygen atoms in total. The molecular weight excluding hydrogens is 332 g/mol. The lowest BCUT2D eigenvalue weighted by atomic mass is 10.1. The Morgan fingerprint density at radius 1 is 1.32 bits per heavy atom. The number of hydrogen-bond donors (Lipinski definition) is 1. The number of halogens is 2. The van der Waals surface area contributed by atoms with Crippen LogP contribution in [0.25, 0.3) is 0 Å². The van der Waals surface area contributed by atoms with Crippen LogP contribution < -0.4 is 0 Å². The van der Waals surface area contributed by atoms with Gasteiger partial charge in [0.25, 0.3) is 0 Å². The van der Waals surface area contributed by atoms with Crippen molar-refractivity contribution in [2.24, 2.45) is 5.92 Å². The number of benzene rings is 1. The van der Waals surface area contributed by atoms with Crippen LogP contribution in [-0.2, 0) is 11.3 Å². The van der Waals surface area contributed by atoms with Crippen LogP contribution in [0.4, 0.5) is 8.78 Å². The van der Waals surface area contributed by atoms with Crippen molar-refractivity contribution in [1.82, 2.24) is 4.90 Å². The largest absolute Gasteiger partial charge is 0.478 e. The second-order valence-electron chi connectivity index (χ2n) is 6.30. The number of carboxylic acids is 1. The molecule has 0 saturated heterocycles. The molecule has 25 heavy (non-hydrogen) atoms. The Morgan fingerprint density at radius 3 is 2.64 bits per heavy atom. The average Bonchev–Trinajstić information content (AvgIpc) is 3.22. The van der Waals surface area contributed by atoms with Crippen LogP contribution in [0.2, 0.25) is 0 Å². The van der Waals surface area contributed by atoms with E-state index in [1.807, 2.05) is 0 Å². The molecule has 0 bridgehead atoms. The molecule has 132 valence electrons. The third-order valence-corrected chi connectivity index (χ3v) is 4.44. The number of nitrogens with zero attached hydrogens (tertiary/aromatic N) is 1. The standard InChI is InChI=1S/C18H17F2NO4/c1-9-13(18(23)24)6-11(25-9)8-21(2)17(22)15-7-14(15)12-4-3-10(19)5-16(12)20/h3-6,14-15H,7-8H2,1-2H3,(H,23,24)/t14-,15+/m0/s1. The quantitative estimate of drug-likeness (QED) is 0.899. The number of amides is 1. The molecular formula is C18H17F2NO4. The number of furan rings is 1. The molecule has 1 aliphatic carbocycles. The minimum Gasteiger partial charge on any atom is -0.478 e. The first kappa shape index (κ1) is 17.1. The molecule has 0 radical (unpaired) electrons. The topological polar surface area (TPSA) is 70.8 Å². The molecule has 0 unspecified atom stereocenters. The number of aryl methyl sites for hydroxylation is 1. The first-order valence-electron chi connectivity index (χ1n) is 7.80. The third kappa shape index (κ3) is 3.40. The third-order valence-electron chi connectivity index (χ3n) is 4.44. The van der Waals surface area contributed by atoms with E-state index in [0.717, 1.165) is 6.07 Å². The van der Waals surface area contributed by atoms with Gasteiger partial charge in [-0.2, -0.15) is 0 Å². The number of carbonyl (C=O) groups excluding carboxylic acids is 1. The van der Waals surface area contributed by atoms with Crippen molar-refractivity contribution in [3.63, 3.8) is 0 Å². The number of rotatable bonds is 5. The molecule has 3 rings (SSSR count). The van der Waals surface area contributed by atoms with Crippen molar-refractivity contribution in [3.05, 3.63) is 58.5 Å². The van der Waals surface area contributed by atoms with Gasteiger partial charge in [-0.05, 0) is 37.0 Å². The summed E-state index contributed by atoms with van der Waals surface area (Å²) in [5.41, 5.74) is 0.406. The number of aromatic carboxylic acids is 1. The number of carboxylic acid groups (broad SMARTS) is 1. The van der Waals surface area contributed by atoms with E-state index in [0.29, 0.717) is 17.7 Å². The van der Waals surface area contributed by atoms with E-state index < -0.39 is 17.6 Å². The number of hydrogen-bond acceptors (Lipinski definition) is 3. The van der Waals surface area contributed by atoms with Gasteiger partial charge in [0.2, 0.25) is 5.91 Å². The van der Waals surface area contributed by atoms with Crippen molar-refractivity contribution in [2.75, 3.05) is 7.05 Å². The SMILES string of the molecule is Cc1oc(CN(C)C(=O)[C@@H]2C[C@H]2c2ccc(F)cc2F)cc1C(=O)O. The van der Waals surface area contributed by atoms with Gasteiger partial charge >= 0.3 is 5.97 Å². The smallest absolute Gasteiger partial charge is 0.339 e. The van der Waals surface area contributed by atoms with E-state index >= 15 is 0 Å². The van der Waals surface area contributed by atoms with Crippen molar-refractivity contribution in [1.29, 1.82) is 0 Å². The maximum atomic E-state index is 13.8. The monoisotopic (exact) mass is 349 g/mol. The molecule has 0 spiro atoms. The predicted octanol–water partition coefficient (Wildman–Crippen LogP) is 3.33. The second kappa shape index (κ2) is 6.31. The molecule has 7 heteroatoms. The Labute approximate surface area is 142 Å². The van der Waals surface area contributed by atoms with E-state index in [4.69, 9.17) is 9.52 Å². The highest BCUT2D eigenvalue weighted by Gasteiger charge is 2.46. The maximum Gasteiger partial charge on any atom is 0.339 e. The first-order valence-corrected chi connectivity index (χ1v) is 7.80. The van der Waals surface area contributed by atoms with Crippen LogP contribution in [0, 0.1) is 24.5 Å². The van der Waals surface area contributed by atoms with Gasteiger partial charge in [0.05, 0.1) is 6.54 Å². The molecule has 2 aromatic rings. The van der Waals surface area contributed by atoms with Gasteiger partial charge in [-0.15, -0.1) is 0 Å². The molecule has 1 N–H and O–H groups in total. The van der Waals surface area contributed by atoms with Gasteiger partial charge < -0.3 is 14.4 Å². The molecule has 2 atom stereocenters. The lowest BCUT2D eigenvalue weighted by molar-refractivity contribution is -0.132. The summed E-state index contributed by atoms with van der Waals surface area (Å²) in [7, 11) is 1.58. The first-order chi connectivity index (χ1) is 11.8. The molecule has 1 aliphatic rings. The van der Waals surface area contributed by atoms with Crippen LogP contribution in [0.1, 0.15) is 39.8 Å². The summed E-state index contributed by atoms with van der Waals surface area (Å²) in [6, 6.07) is 4.77. The fourth-order valence-corrected chi connectivity index (χ4v) is 3.04. The lowest BCUT2D eigenvalue weighted by Gasteiger charge is -2.16. The van der Waals surface area contributed by atoms with Crippen molar-refractivity contribution < 1.29 is 27.9 Å². The normalized spacial score (nSPS) is 18.9. The maximum absolute atomic E-state index is 13.8. The fraction of sp³-hybridized carbons (Fsp3) is 0.333. The van der Waals surface area contributed by atoms with Gasteiger partial charge in [0, 0.05) is 19.0 Å². The highest BCUT2D eigenvalue weighted by molar-refractivity contribution is 5.89. The van der Waals surface area contributed by atoms with E-state index in [-0.39, 0.29) is 35.6 Å². The highest BCUT2D eigenvalue weighted by Crippen LogP contribution is 2.49. The van der Waals surface area contributed by atoms with Crippen molar-refractivity contribution in [2.45, 2.75) is 25.8 Å². The summed E-state index contributed by atoms with van der Waals surface area (Å²) in [6.45, 7) is 1.67. The Kier molecular flexibility index (Phi) is 4.32. The van der Waals surface area contributed by atoms with E-state index in [9.17, 15) is 18.4 Å². The molecule has 1 fully saturated rings. The summed E-state index contributed by atoms with van der Waals surface area (Å²) in [6.07, 6.45) is 0.503. The predicted molar refractivity (Wildman–Crippen MR) is 84.1 cm³/mol. The van der Waals surface area contributed by atoms with Crippen LogP contribution in [-0.4, -0.2) is 28.9 Å². The fourth-order valence-electron chi connectivity index (χ4n) is 3.04. The highest BCUT2D eigenvalue weighted by atomic mass is 19.1. The van der Waals surface area contributed by atoms with Crippen molar-refractivity contribution in [3.8, 4) is 0 Å². The van der Waals surface area contributed by atoms with E-state index in [1.54, 1.807) is 14.0 Å². The van der Waals surface area contributed by atoms with E-state index in [1.165, 1.54) is 23.1 Å². The molecule has 1 amide bonds. The Hall–Kier alpha value is -2.70. The summed E-state index contributed by atoms with van der Waals surface area (Å²) < 4.78 is 32.2.